The zero-order valence-electron chi connectivity index (χ0n) is 15.2. The molecule has 1 heterocycles. The maximum atomic E-state index is 12.9. The van der Waals surface area contributed by atoms with Crippen molar-refractivity contribution in [2.45, 2.75) is 6.42 Å². The maximum Gasteiger partial charge on any atom is 0.252 e. The van der Waals surface area contributed by atoms with Gasteiger partial charge in [0.2, 0.25) is 0 Å². The van der Waals surface area contributed by atoms with E-state index in [1.165, 1.54) is 4.90 Å². The lowest BCUT2D eigenvalue weighted by atomic mass is 10.2. The molecule has 3 aromatic rings. The minimum absolute atomic E-state index is 0.0262. The van der Waals surface area contributed by atoms with Crippen molar-refractivity contribution in [3.8, 4) is 0 Å². The molecule has 0 aliphatic heterocycles. The predicted octanol–water partition coefficient (Wildman–Crippen LogP) is 2.88. The second-order valence-electron chi connectivity index (χ2n) is 6.51. The highest BCUT2D eigenvalue weighted by Crippen LogP contribution is 2.29. The Hall–Kier alpha value is -2.50. The Bertz CT molecular complexity index is 853. The Morgan fingerprint density at radius 2 is 1.85 bits per heavy atom. The van der Waals surface area contributed by atoms with E-state index in [-0.39, 0.29) is 5.91 Å². The van der Waals surface area contributed by atoms with Crippen LogP contribution in [0.25, 0.3) is 16.3 Å². The van der Waals surface area contributed by atoms with Crippen LogP contribution >= 0.6 is 11.3 Å². The molecular weight excluding hydrogens is 342 g/mol. The largest absolute Gasteiger partial charge is 0.340 e. The molecule has 0 saturated carbocycles. The van der Waals surface area contributed by atoms with E-state index in [2.05, 4.69) is 19.1 Å². The SMILES string of the molecule is C[NH+](C)CCCN(C(=O)/C=C/c1ccccc1)c1nc2ccccc2s1. The van der Waals surface area contributed by atoms with Crippen molar-refractivity contribution >= 4 is 38.7 Å². The number of benzene rings is 2. The third-order valence-electron chi connectivity index (χ3n) is 4.06. The monoisotopic (exact) mass is 366 g/mol. The van der Waals surface area contributed by atoms with Crippen molar-refractivity contribution in [3.63, 3.8) is 0 Å². The summed E-state index contributed by atoms with van der Waals surface area (Å²) in [6.07, 6.45) is 4.44. The number of nitrogens with zero attached hydrogens (tertiary/aromatic N) is 2. The van der Waals surface area contributed by atoms with Crippen molar-refractivity contribution in [2.24, 2.45) is 0 Å². The summed E-state index contributed by atoms with van der Waals surface area (Å²) in [4.78, 5) is 20.7. The van der Waals surface area contributed by atoms with Gasteiger partial charge < -0.3 is 4.90 Å². The van der Waals surface area contributed by atoms with Gasteiger partial charge in [0, 0.05) is 19.0 Å². The number of amides is 1. The second-order valence-corrected chi connectivity index (χ2v) is 7.52. The fourth-order valence-electron chi connectivity index (χ4n) is 2.69. The van der Waals surface area contributed by atoms with E-state index < -0.39 is 0 Å². The molecule has 0 radical (unpaired) electrons. The van der Waals surface area contributed by atoms with Crippen LogP contribution in [0.3, 0.4) is 0 Å². The quantitative estimate of drug-likeness (QED) is 0.653. The van der Waals surface area contributed by atoms with Gasteiger partial charge in [-0.25, -0.2) is 4.98 Å². The molecule has 0 bridgehead atoms. The zero-order valence-corrected chi connectivity index (χ0v) is 16.0. The van der Waals surface area contributed by atoms with Crippen LogP contribution in [0.1, 0.15) is 12.0 Å². The van der Waals surface area contributed by atoms with Gasteiger partial charge in [-0.2, -0.15) is 0 Å². The van der Waals surface area contributed by atoms with Gasteiger partial charge in [-0.15, -0.1) is 0 Å². The second kappa shape index (κ2) is 8.74. The summed E-state index contributed by atoms with van der Waals surface area (Å²) >= 11 is 1.57. The van der Waals surface area contributed by atoms with E-state index in [4.69, 9.17) is 0 Å². The number of hydrogen-bond acceptors (Lipinski definition) is 3. The summed E-state index contributed by atoms with van der Waals surface area (Å²) in [6.45, 7) is 1.68. The third-order valence-corrected chi connectivity index (χ3v) is 5.12. The Morgan fingerprint density at radius 1 is 1.12 bits per heavy atom. The Balaban J connectivity index is 1.82. The van der Waals surface area contributed by atoms with Crippen LogP contribution in [0, 0.1) is 0 Å². The molecule has 3 rings (SSSR count). The number of carbonyl (C=O) groups excluding carboxylic acids is 1. The van der Waals surface area contributed by atoms with Crippen LogP contribution in [-0.2, 0) is 4.79 Å². The van der Waals surface area contributed by atoms with Gasteiger partial charge in [0.25, 0.3) is 5.91 Å². The summed E-state index contributed by atoms with van der Waals surface area (Å²) in [7, 11) is 4.25. The number of rotatable bonds is 7. The minimum Gasteiger partial charge on any atom is -0.340 e. The first kappa shape index (κ1) is 18.3. The normalized spacial score (nSPS) is 11.5. The van der Waals surface area contributed by atoms with Gasteiger partial charge in [-0.3, -0.25) is 9.69 Å². The van der Waals surface area contributed by atoms with Crippen LogP contribution in [0.5, 0.6) is 0 Å². The predicted molar refractivity (Wildman–Crippen MR) is 110 cm³/mol. The van der Waals surface area contributed by atoms with E-state index in [9.17, 15) is 4.79 Å². The average molecular weight is 367 g/mol. The van der Waals surface area contributed by atoms with E-state index >= 15 is 0 Å². The number of carbonyl (C=O) groups is 1. The molecule has 1 N–H and O–H groups in total. The summed E-state index contributed by atoms with van der Waals surface area (Å²) < 4.78 is 1.10. The molecule has 0 fully saturated rings. The molecule has 0 saturated heterocycles. The van der Waals surface area contributed by atoms with Gasteiger partial charge >= 0.3 is 0 Å². The van der Waals surface area contributed by atoms with Crippen molar-refractivity contribution < 1.29 is 9.69 Å². The van der Waals surface area contributed by atoms with E-state index in [1.807, 2.05) is 60.7 Å². The van der Waals surface area contributed by atoms with Crippen LogP contribution in [0.15, 0.2) is 60.7 Å². The molecule has 0 aliphatic rings. The number of fused-ring (bicyclic) bond motifs is 1. The fraction of sp³-hybridized carbons (Fsp3) is 0.238. The van der Waals surface area contributed by atoms with Crippen molar-refractivity contribution in [1.29, 1.82) is 0 Å². The number of thiazole rings is 1. The van der Waals surface area contributed by atoms with Crippen molar-refractivity contribution in [3.05, 3.63) is 66.2 Å². The van der Waals surface area contributed by atoms with Gasteiger partial charge in [0.15, 0.2) is 5.13 Å². The molecule has 0 spiro atoms. The van der Waals surface area contributed by atoms with Gasteiger partial charge in [0.05, 0.1) is 30.9 Å². The Labute approximate surface area is 158 Å². The number of anilines is 1. The molecular formula is C21H24N3OS+. The number of para-hydroxylation sites is 1. The molecule has 26 heavy (non-hydrogen) atoms. The van der Waals surface area contributed by atoms with E-state index in [0.29, 0.717) is 6.54 Å². The molecule has 1 amide bonds. The molecule has 0 atom stereocenters. The average Bonchev–Trinajstić information content (AvgIpc) is 3.07. The van der Waals surface area contributed by atoms with Crippen LogP contribution in [0.2, 0.25) is 0 Å². The lowest BCUT2D eigenvalue weighted by molar-refractivity contribution is -0.858. The Morgan fingerprint density at radius 3 is 2.58 bits per heavy atom. The first-order chi connectivity index (χ1) is 12.6. The first-order valence-electron chi connectivity index (χ1n) is 8.83. The van der Waals surface area contributed by atoms with Crippen LogP contribution in [0.4, 0.5) is 5.13 Å². The molecule has 4 nitrogen and oxygen atoms in total. The molecule has 1 aromatic heterocycles. The van der Waals surface area contributed by atoms with Crippen molar-refractivity contribution in [1.82, 2.24) is 4.98 Å². The van der Waals surface area contributed by atoms with Gasteiger partial charge in [0.1, 0.15) is 0 Å². The highest BCUT2D eigenvalue weighted by atomic mass is 32.1. The summed E-state index contributed by atoms with van der Waals surface area (Å²) in [5.41, 5.74) is 1.96. The van der Waals surface area contributed by atoms with Crippen molar-refractivity contribution in [2.75, 3.05) is 32.1 Å². The van der Waals surface area contributed by atoms with Crippen LogP contribution < -0.4 is 9.80 Å². The minimum atomic E-state index is -0.0262. The lowest BCUT2D eigenvalue weighted by Gasteiger charge is -2.18. The van der Waals surface area contributed by atoms with Gasteiger partial charge in [-0.1, -0.05) is 53.8 Å². The molecule has 0 aliphatic carbocycles. The third kappa shape index (κ3) is 4.77. The van der Waals surface area contributed by atoms with E-state index in [1.54, 1.807) is 22.3 Å². The highest BCUT2D eigenvalue weighted by Gasteiger charge is 2.18. The van der Waals surface area contributed by atoms with Gasteiger partial charge in [-0.05, 0) is 23.8 Å². The topological polar surface area (TPSA) is 37.6 Å². The smallest absolute Gasteiger partial charge is 0.252 e. The van der Waals surface area contributed by atoms with Crippen LogP contribution in [-0.4, -0.2) is 38.1 Å². The molecule has 5 heteroatoms. The summed E-state index contributed by atoms with van der Waals surface area (Å²) in [5.74, 6) is -0.0262. The highest BCUT2D eigenvalue weighted by molar-refractivity contribution is 7.22. The fourth-order valence-corrected chi connectivity index (χ4v) is 3.68. The number of aromatic nitrogens is 1. The zero-order chi connectivity index (χ0) is 18.4. The van der Waals surface area contributed by atoms with E-state index in [0.717, 1.165) is 33.9 Å². The summed E-state index contributed by atoms with van der Waals surface area (Å²) in [5, 5.41) is 0.766. The first-order valence-corrected chi connectivity index (χ1v) is 9.64. The molecule has 134 valence electrons. The number of nitrogens with one attached hydrogen (secondary N) is 1. The molecule has 0 unspecified atom stereocenters. The molecule has 2 aromatic carbocycles. The maximum absolute atomic E-state index is 12.9. The standard InChI is InChI=1S/C21H23N3OS/c1-23(2)15-8-16-24(20(25)14-13-17-9-4-3-5-10-17)21-22-18-11-6-7-12-19(18)26-21/h3-7,9-14H,8,15-16H2,1-2H3/p+1/b14-13+. The summed E-state index contributed by atoms with van der Waals surface area (Å²) in [6, 6.07) is 17.9. The Kier molecular flexibility index (Phi) is 6.15. The lowest BCUT2D eigenvalue weighted by Crippen LogP contribution is -3.05. The number of hydrogen-bond donors (Lipinski definition) is 1. The number of quaternary nitrogens is 1.